The van der Waals surface area contributed by atoms with Gasteiger partial charge in [0.15, 0.2) is 0 Å². The molecule has 3 heterocycles. The van der Waals surface area contributed by atoms with Crippen molar-refractivity contribution in [3.05, 3.63) is 24.0 Å². The average molecular weight is 280 g/mol. The monoisotopic (exact) mass is 280 g/mol. The molecule has 2 aliphatic heterocycles. The molecule has 0 aromatic carbocycles. The van der Waals surface area contributed by atoms with E-state index in [0.717, 1.165) is 5.69 Å². The molecule has 1 aromatic heterocycles. The lowest BCUT2D eigenvalue weighted by molar-refractivity contribution is -0.0478. The lowest BCUT2D eigenvalue weighted by Crippen LogP contribution is -2.53. The van der Waals surface area contributed by atoms with E-state index >= 15 is 0 Å². The van der Waals surface area contributed by atoms with E-state index in [4.69, 9.17) is 19.3 Å². The molecule has 2 fully saturated rings. The predicted octanol–water partition coefficient (Wildman–Crippen LogP) is 1.04. The summed E-state index contributed by atoms with van der Waals surface area (Å²) >= 11 is 0. The molecule has 2 saturated heterocycles. The lowest BCUT2D eigenvalue weighted by atomic mass is 9.85. The van der Waals surface area contributed by atoms with Gasteiger partial charge in [-0.2, -0.15) is 0 Å². The van der Waals surface area contributed by atoms with E-state index in [0.29, 0.717) is 18.7 Å². The first kappa shape index (κ1) is 13.1. The SMILES string of the molecule is COc1ccnc(C23CCN(C(=O)O)C[C@H]2OCO3)c1. The van der Waals surface area contributed by atoms with E-state index in [-0.39, 0.29) is 19.4 Å². The number of rotatable bonds is 2. The van der Waals surface area contributed by atoms with Crippen molar-refractivity contribution in [2.45, 2.75) is 18.1 Å². The maximum atomic E-state index is 11.1. The number of methoxy groups -OCH3 is 1. The Morgan fingerprint density at radius 2 is 2.50 bits per heavy atom. The normalized spacial score (nSPS) is 29.1. The number of carbonyl (C=O) groups is 1. The van der Waals surface area contributed by atoms with Gasteiger partial charge in [-0.15, -0.1) is 0 Å². The Morgan fingerprint density at radius 1 is 1.65 bits per heavy atom. The van der Waals surface area contributed by atoms with Crippen LogP contribution in [-0.2, 0) is 15.1 Å². The fourth-order valence-corrected chi connectivity index (χ4v) is 2.78. The van der Waals surface area contributed by atoms with Crippen LogP contribution in [-0.4, -0.2) is 54.2 Å². The minimum absolute atomic E-state index is 0.150. The first-order valence-electron chi connectivity index (χ1n) is 6.39. The van der Waals surface area contributed by atoms with Gasteiger partial charge >= 0.3 is 6.09 Å². The molecule has 0 spiro atoms. The van der Waals surface area contributed by atoms with Gasteiger partial charge in [0.25, 0.3) is 0 Å². The second kappa shape index (κ2) is 4.92. The molecule has 0 saturated carbocycles. The Labute approximate surface area is 116 Å². The van der Waals surface area contributed by atoms with Gasteiger partial charge in [-0.3, -0.25) is 4.98 Å². The summed E-state index contributed by atoms with van der Waals surface area (Å²) in [7, 11) is 1.59. The first-order chi connectivity index (χ1) is 9.65. The van der Waals surface area contributed by atoms with Crippen LogP contribution >= 0.6 is 0 Å². The van der Waals surface area contributed by atoms with Crippen LogP contribution < -0.4 is 4.74 Å². The van der Waals surface area contributed by atoms with Gasteiger partial charge in [0.1, 0.15) is 24.2 Å². The summed E-state index contributed by atoms with van der Waals surface area (Å²) in [5, 5.41) is 9.09. The average Bonchev–Trinajstić information content (AvgIpc) is 2.91. The number of pyridine rings is 1. The van der Waals surface area contributed by atoms with Crippen LogP contribution in [0.3, 0.4) is 0 Å². The van der Waals surface area contributed by atoms with E-state index in [1.165, 1.54) is 4.90 Å². The molecule has 1 aromatic rings. The number of hydrogen-bond acceptors (Lipinski definition) is 5. The molecule has 1 amide bonds. The summed E-state index contributed by atoms with van der Waals surface area (Å²) in [6.45, 7) is 0.833. The Balaban J connectivity index is 1.92. The molecule has 0 radical (unpaired) electrons. The highest BCUT2D eigenvalue weighted by atomic mass is 16.7. The van der Waals surface area contributed by atoms with Crippen LogP contribution in [0.1, 0.15) is 12.1 Å². The lowest BCUT2D eigenvalue weighted by Gasteiger charge is -2.40. The highest BCUT2D eigenvalue weighted by molar-refractivity contribution is 5.65. The molecule has 7 heteroatoms. The Kier molecular flexibility index (Phi) is 3.23. The number of likely N-dealkylation sites (tertiary alicyclic amines) is 1. The topological polar surface area (TPSA) is 81.1 Å². The van der Waals surface area contributed by atoms with Crippen LogP contribution in [0.2, 0.25) is 0 Å². The van der Waals surface area contributed by atoms with Crippen LogP contribution in [0.4, 0.5) is 4.79 Å². The van der Waals surface area contributed by atoms with Gasteiger partial charge in [-0.25, -0.2) is 4.79 Å². The standard InChI is InChI=1S/C13H16N2O5/c1-18-9-2-4-14-10(6-9)13-3-5-15(12(16)17)7-11(13)19-8-20-13/h2,4,6,11H,3,5,7-8H2,1H3,(H,16,17)/t11-,13?/m1/s1. The smallest absolute Gasteiger partial charge is 0.407 e. The number of hydrogen-bond donors (Lipinski definition) is 1. The molecular formula is C13H16N2O5. The molecule has 108 valence electrons. The maximum absolute atomic E-state index is 11.1. The summed E-state index contributed by atoms with van der Waals surface area (Å²) < 4.78 is 16.6. The first-order valence-corrected chi connectivity index (χ1v) is 6.39. The second-order valence-corrected chi connectivity index (χ2v) is 4.87. The van der Waals surface area contributed by atoms with Gasteiger partial charge in [-0.05, 0) is 6.07 Å². The molecule has 0 aliphatic carbocycles. The zero-order valence-electron chi connectivity index (χ0n) is 11.1. The van der Waals surface area contributed by atoms with Crippen LogP contribution in [0.25, 0.3) is 0 Å². The number of ether oxygens (including phenoxy) is 3. The molecule has 2 atom stereocenters. The van der Waals surface area contributed by atoms with Gasteiger partial charge in [-0.1, -0.05) is 0 Å². The molecule has 3 rings (SSSR count). The zero-order chi connectivity index (χ0) is 14.2. The Bertz CT molecular complexity index is 523. The third-order valence-corrected chi connectivity index (χ3v) is 3.92. The summed E-state index contributed by atoms with van der Waals surface area (Å²) in [5.41, 5.74) is 0.0462. The van der Waals surface area contributed by atoms with Crippen LogP contribution in [0.15, 0.2) is 18.3 Å². The van der Waals surface area contributed by atoms with Crippen molar-refractivity contribution in [1.29, 1.82) is 0 Å². The van der Waals surface area contributed by atoms with Gasteiger partial charge < -0.3 is 24.2 Å². The quantitative estimate of drug-likeness (QED) is 0.871. The van der Waals surface area contributed by atoms with E-state index in [2.05, 4.69) is 4.98 Å². The van der Waals surface area contributed by atoms with Gasteiger partial charge in [0.2, 0.25) is 0 Å². The number of fused-ring (bicyclic) bond motifs is 1. The second-order valence-electron chi connectivity index (χ2n) is 4.87. The maximum Gasteiger partial charge on any atom is 0.407 e. The Hall–Kier alpha value is -1.86. The van der Waals surface area contributed by atoms with Crippen molar-refractivity contribution in [3.8, 4) is 5.75 Å². The van der Waals surface area contributed by atoms with Gasteiger partial charge in [0.05, 0.1) is 19.3 Å². The fraction of sp³-hybridized carbons (Fsp3) is 0.538. The summed E-state index contributed by atoms with van der Waals surface area (Å²) in [4.78, 5) is 16.8. The van der Waals surface area contributed by atoms with Crippen LogP contribution in [0.5, 0.6) is 5.75 Å². The van der Waals surface area contributed by atoms with E-state index in [1.807, 2.05) is 6.07 Å². The molecule has 1 unspecified atom stereocenters. The van der Waals surface area contributed by atoms with E-state index in [9.17, 15) is 4.79 Å². The van der Waals surface area contributed by atoms with Crippen molar-refractivity contribution in [2.75, 3.05) is 27.0 Å². The molecule has 1 N–H and O–H groups in total. The summed E-state index contributed by atoms with van der Waals surface area (Å²) in [5.74, 6) is 0.694. The van der Waals surface area contributed by atoms with Crippen molar-refractivity contribution < 1.29 is 24.1 Å². The molecular weight excluding hydrogens is 264 g/mol. The van der Waals surface area contributed by atoms with Crippen molar-refractivity contribution in [3.63, 3.8) is 0 Å². The highest BCUT2D eigenvalue weighted by Crippen LogP contribution is 2.42. The van der Waals surface area contributed by atoms with E-state index in [1.54, 1.807) is 19.4 Å². The minimum atomic E-state index is -0.937. The van der Waals surface area contributed by atoms with Crippen molar-refractivity contribution >= 4 is 6.09 Å². The third kappa shape index (κ3) is 1.99. The predicted molar refractivity (Wildman–Crippen MR) is 67.5 cm³/mol. The molecule has 20 heavy (non-hydrogen) atoms. The zero-order valence-corrected chi connectivity index (χ0v) is 11.1. The summed E-state index contributed by atoms with van der Waals surface area (Å²) in [6, 6.07) is 3.58. The van der Waals surface area contributed by atoms with Crippen molar-refractivity contribution in [1.82, 2.24) is 9.88 Å². The number of amides is 1. The largest absolute Gasteiger partial charge is 0.497 e. The van der Waals surface area contributed by atoms with Crippen LogP contribution in [0, 0.1) is 0 Å². The third-order valence-electron chi connectivity index (χ3n) is 3.92. The molecule has 7 nitrogen and oxygen atoms in total. The summed E-state index contributed by atoms with van der Waals surface area (Å²) in [6.07, 6.45) is 0.898. The minimum Gasteiger partial charge on any atom is -0.497 e. The number of nitrogens with zero attached hydrogens (tertiary/aromatic N) is 2. The Morgan fingerprint density at radius 3 is 3.25 bits per heavy atom. The van der Waals surface area contributed by atoms with Crippen molar-refractivity contribution in [2.24, 2.45) is 0 Å². The molecule has 0 bridgehead atoms. The van der Waals surface area contributed by atoms with Gasteiger partial charge in [0, 0.05) is 25.2 Å². The number of piperidine rings is 1. The molecule has 2 aliphatic rings. The number of aromatic nitrogens is 1. The highest BCUT2D eigenvalue weighted by Gasteiger charge is 2.52. The number of carboxylic acid groups (broad SMARTS) is 1. The fourth-order valence-electron chi connectivity index (χ4n) is 2.78. The van der Waals surface area contributed by atoms with E-state index < -0.39 is 11.7 Å².